The van der Waals surface area contributed by atoms with E-state index in [9.17, 15) is 24.3 Å². The maximum absolute atomic E-state index is 12.8. The van der Waals surface area contributed by atoms with Crippen LogP contribution in [0.4, 0.5) is 0 Å². The minimum atomic E-state index is -2.34. The molecule has 27 heavy (non-hydrogen) atoms. The fraction of sp³-hybridized carbons (Fsp3) is 0.600. The third kappa shape index (κ3) is 3.48. The quantitative estimate of drug-likeness (QED) is 0.571. The van der Waals surface area contributed by atoms with Gasteiger partial charge in [0, 0.05) is 17.9 Å². The Morgan fingerprint density at radius 3 is 2.63 bits per heavy atom. The Labute approximate surface area is 158 Å². The maximum Gasteiger partial charge on any atom is 0.334 e. The summed E-state index contributed by atoms with van der Waals surface area (Å²) < 4.78 is 10.8. The number of carbonyl (C=O) groups is 4. The van der Waals surface area contributed by atoms with Crippen LogP contribution in [0.5, 0.6) is 0 Å². The third-order valence-corrected chi connectivity index (χ3v) is 5.62. The van der Waals surface area contributed by atoms with Gasteiger partial charge in [-0.25, -0.2) is 4.79 Å². The molecule has 0 amide bonds. The van der Waals surface area contributed by atoms with Crippen LogP contribution >= 0.6 is 0 Å². The van der Waals surface area contributed by atoms with Gasteiger partial charge in [-0.2, -0.15) is 0 Å². The highest BCUT2D eigenvalue weighted by molar-refractivity contribution is 6.03. The molecule has 0 aromatic carbocycles. The first kappa shape index (κ1) is 21.0. The van der Waals surface area contributed by atoms with Crippen LogP contribution in [-0.2, 0) is 28.7 Å². The molecule has 1 heterocycles. The van der Waals surface area contributed by atoms with Crippen molar-refractivity contribution in [2.45, 2.75) is 58.3 Å². The van der Waals surface area contributed by atoms with Crippen molar-refractivity contribution in [2.75, 3.05) is 0 Å². The number of ketones is 2. The summed E-state index contributed by atoms with van der Waals surface area (Å²) in [5.74, 6) is -4.95. The average Bonchev–Trinajstić information content (AvgIpc) is 2.87. The summed E-state index contributed by atoms with van der Waals surface area (Å²) in [7, 11) is 0. The Bertz CT molecular complexity index is 707. The number of carbonyl (C=O) groups excluding carboxylic acids is 4. The fourth-order valence-electron chi connectivity index (χ4n) is 3.48. The number of ether oxygens (including phenoxy) is 2. The Morgan fingerprint density at radius 2 is 2.07 bits per heavy atom. The van der Waals surface area contributed by atoms with Gasteiger partial charge in [-0.1, -0.05) is 33.4 Å². The van der Waals surface area contributed by atoms with Crippen LogP contribution in [0.2, 0.25) is 0 Å². The molecule has 7 heteroatoms. The van der Waals surface area contributed by atoms with Gasteiger partial charge in [0.05, 0.1) is 11.8 Å². The molecule has 2 fully saturated rings. The lowest BCUT2D eigenvalue weighted by Gasteiger charge is -2.38. The van der Waals surface area contributed by atoms with E-state index in [0.717, 1.165) is 6.08 Å². The lowest BCUT2D eigenvalue weighted by atomic mass is 9.77. The molecular weight excluding hydrogens is 352 g/mol. The van der Waals surface area contributed by atoms with Crippen molar-refractivity contribution >= 4 is 23.5 Å². The molecule has 1 aliphatic carbocycles. The van der Waals surface area contributed by atoms with Crippen molar-refractivity contribution in [3.63, 3.8) is 0 Å². The number of esters is 2. The molecule has 6 atom stereocenters. The fourth-order valence-corrected chi connectivity index (χ4v) is 3.48. The van der Waals surface area contributed by atoms with E-state index >= 15 is 0 Å². The summed E-state index contributed by atoms with van der Waals surface area (Å²) in [5, 5.41) is 11.4. The zero-order valence-electron chi connectivity index (χ0n) is 16.1. The molecule has 7 nitrogen and oxygen atoms in total. The third-order valence-electron chi connectivity index (χ3n) is 5.62. The Kier molecular flexibility index (Phi) is 6.04. The van der Waals surface area contributed by atoms with Gasteiger partial charge in [0.2, 0.25) is 0 Å². The molecule has 1 unspecified atom stereocenters. The van der Waals surface area contributed by atoms with E-state index in [4.69, 9.17) is 9.47 Å². The number of hydrogen-bond donors (Lipinski definition) is 1. The molecule has 1 saturated carbocycles. The first-order chi connectivity index (χ1) is 12.6. The smallest absolute Gasteiger partial charge is 0.334 e. The number of fused-ring (bicyclic) bond motifs is 1. The van der Waals surface area contributed by atoms with Crippen LogP contribution in [0.3, 0.4) is 0 Å². The lowest BCUT2D eigenvalue weighted by Crippen LogP contribution is -2.60. The summed E-state index contributed by atoms with van der Waals surface area (Å²) in [5.41, 5.74) is -2.26. The number of rotatable bonds is 5. The largest absolute Gasteiger partial charge is 0.455 e. The van der Waals surface area contributed by atoms with E-state index in [2.05, 4.69) is 6.58 Å². The van der Waals surface area contributed by atoms with E-state index in [1.165, 1.54) is 13.0 Å². The van der Waals surface area contributed by atoms with Crippen molar-refractivity contribution in [1.82, 2.24) is 0 Å². The van der Waals surface area contributed by atoms with Crippen LogP contribution in [0.1, 0.15) is 40.5 Å². The minimum absolute atomic E-state index is 0.0767. The highest BCUT2D eigenvalue weighted by atomic mass is 16.6. The van der Waals surface area contributed by atoms with Gasteiger partial charge in [-0.15, -0.1) is 0 Å². The normalized spacial score (nSPS) is 34.8. The van der Waals surface area contributed by atoms with Gasteiger partial charge in [-0.3, -0.25) is 14.4 Å². The molecule has 1 N–H and O–H groups in total. The zero-order chi connectivity index (χ0) is 20.5. The topological polar surface area (TPSA) is 107 Å². The molecule has 148 valence electrons. The number of allylic oxidation sites excluding steroid dienone is 1. The number of hydrogen-bond acceptors (Lipinski definition) is 7. The SMILES string of the molecule is C=C1C(=O)O[C@@H]2[C@H]1CC(=O)[C@H](C)[C@@](O)(C(=O)/C=C/C)[C@H]2OC(=O)C(C)CC. The van der Waals surface area contributed by atoms with Crippen LogP contribution in [-0.4, -0.2) is 46.4 Å². The first-order valence-corrected chi connectivity index (χ1v) is 9.11. The summed E-state index contributed by atoms with van der Waals surface area (Å²) in [6.07, 6.45) is 0.261. The predicted octanol–water partition coefficient (Wildman–Crippen LogP) is 1.53. The van der Waals surface area contributed by atoms with Gasteiger partial charge in [0.25, 0.3) is 0 Å². The highest BCUT2D eigenvalue weighted by Gasteiger charge is 2.62. The van der Waals surface area contributed by atoms with Gasteiger partial charge < -0.3 is 14.6 Å². The highest BCUT2D eigenvalue weighted by Crippen LogP contribution is 2.43. The molecule has 0 radical (unpaired) electrons. The van der Waals surface area contributed by atoms with Gasteiger partial charge >= 0.3 is 11.9 Å². The second-order valence-corrected chi connectivity index (χ2v) is 7.25. The molecule has 0 bridgehead atoms. The van der Waals surface area contributed by atoms with Crippen molar-refractivity contribution in [2.24, 2.45) is 17.8 Å². The Morgan fingerprint density at radius 1 is 1.44 bits per heavy atom. The molecular formula is C20H26O7. The van der Waals surface area contributed by atoms with E-state index in [0.29, 0.717) is 6.42 Å². The summed E-state index contributed by atoms with van der Waals surface area (Å²) in [6, 6.07) is 0. The first-order valence-electron chi connectivity index (χ1n) is 9.11. The van der Waals surface area contributed by atoms with Crippen LogP contribution in [0.15, 0.2) is 24.3 Å². The molecule has 2 rings (SSSR count). The second-order valence-electron chi connectivity index (χ2n) is 7.25. The molecule has 1 saturated heterocycles. The number of Topliss-reactive ketones (excluding diaryl/α,β-unsaturated/α-hetero) is 1. The van der Waals surface area contributed by atoms with Crippen LogP contribution in [0, 0.1) is 17.8 Å². The second kappa shape index (κ2) is 7.76. The molecule has 0 aromatic rings. The standard InChI is InChI=1S/C20H26O7/c1-6-8-15(22)20(25)12(5)14(21)9-13-11(4)19(24)26-16(13)17(20)27-18(23)10(3)7-2/h6,8,10,12-13,16-17,25H,4,7,9H2,1-3,5H3/b8-6+/t10?,12-,13-,16+,17-,20+/m0/s1. The van der Waals surface area contributed by atoms with Crippen LogP contribution < -0.4 is 0 Å². The van der Waals surface area contributed by atoms with Crippen molar-refractivity contribution in [3.8, 4) is 0 Å². The van der Waals surface area contributed by atoms with Gasteiger partial charge in [0.1, 0.15) is 11.9 Å². The van der Waals surface area contributed by atoms with E-state index in [-0.39, 0.29) is 12.0 Å². The Hall–Kier alpha value is -2.28. The molecule has 2 aliphatic rings. The van der Waals surface area contributed by atoms with E-state index < -0.39 is 59.1 Å². The van der Waals surface area contributed by atoms with Gasteiger partial charge in [-0.05, 0) is 19.4 Å². The number of aliphatic hydroxyl groups is 1. The van der Waals surface area contributed by atoms with Crippen molar-refractivity contribution in [1.29, 1.82) is 0 Å². The average molecular weight is 378 g/mol. The monoisotopic (exact) mass is 378 g/mol. The van der Waals surface area contributed by atoms with E-state index in [1.54, 1.807) is 20.8 Å². The van der Waals surface area contributed by atoms with Gasteiger partial charge in [0.15, 0.2) is 17.5 Å². The molecule has 0 spiro atoms. The zero-order valence-corrected chi connectivity index (χ0v) is 16.1. The minimum Gasteiger partial charge on any atom is -0.455 e. The Balaban J connectivity index is 2.59. The predicted molar refractivity (Wildman–Crippen MR) is 95.4 cm³/mol. The summed E-state index contributed by atoms with van der Waals surface area (Å²) in [6.45, 7) is 10.1. The van der Waals surface area contributed by atoms with Crippen molar-refractivity contribution < 1.29 is 33.8 Å². The van der Waals surface area contributed by atoms with Crippen LogP contribution in [0.25, 0.3) is 0 Å². The lowest BCUT2D eigenvalue weighted by molar-refractivity contribution is -0.197. The summed E-state index contributed by atoms with van der Waals surface area (Å²) >= 11 is 0. The molecule has 0 aromatic heterocycles. The maximum atomic E-state index is 12.8. The van der Waals surface area contributed by atoms with E-state index in [1.807, 2.05) is 0 Å². The molecule has 1 aliphatic heterocycles. The van der Waals surface area contributed by atoms with Crippen molar-refractivity contribution in [3.05, 3.63) is 24.3 Å². The summed E-state index contributed by atoms with van der Waals surface area (Å²) in [4.78, 5) is 49.9.